The number of thiazole rings is 1. The number of para-hydroxylation sites is 1. The molecular weight excluding hydrogens is 480 g/mol. The van der Waals surface area contributed by atoms with Crippen LogP contribution in [0, 0.1) is 5.92 Å². The summed E-state index contributed by atoms with van der Waals surface area (Å²) in [7, 11) is 0.255. The second kappa shape index (κ2) is 10.1. The summed E-state index contributed by atoms with van der Waals surface area (Å²) >= 11 is 7.74. The van der Waals surface area contributed by atoms with Gasteiger partial charge in [-0.2, -0.15) is 4.31 Å². The first-order valence-electron chi connectivity index (χ1n) is 10.8. The molecule has 1 atom stereocenters. The fourth-order valence-electron chi connectivity index (χ4n) is 3.94. The molecule has 10 heteroatoms. The molecule has 7 nitrogen and oxygen atoms in total. The highest BCUT2D eigenvalue weighted by Crippen LogP contribution is 2.34. The summed E-state index contributed by atoms with van der Waals surface area (Å²) in [5.74, 6) is -0.526. The maximum Gasteiger partial charge on any atom is 0.243 e. The van der Waals surface area contributed by atoms with Gasteiger partial charge in [-0.25, -0.2) is 13.4 Å². The van der Waals surface area contributed by atoms with Crippen LogP contribution in [0.5, 0.6) is 0 Å². The largest absolute Gasteiger partial charge is 0.308 e. The zero-order valence-corrected chi connectivity index (χ0v) is 21.0. The number of piperidine rings is 1. The van der Waals surface area contributed by atoms with Gasteiger partial charge in [-0.3, -0.25) is 9.69 Å². The van der Waals surface area contributed by atoms with E-state index in [0.29, 0.717) is 48.1 Å². The number of carbonyl (C=O) groups excluding carboxylic acids is 1. The molecule has 1 aliphatic heterocycles. The molecule has 176 valence electrons. The van der Waals surface area contributed by atoms with Gasteiger partial charge in [-0.15, -0.1) is 0 Å². The Bertz CT molecular complexity index is 1230. The average molecular weight is 507 g/mol. The van der Waals surface area contributed by atoms with Crippen LogP contribution < -0.4 is 4.90 Å². The van der Waals surface area contributed by atoms with Crippen molar-refractivity contribution in [2.24, 2.45) is 5.92 Å². The van der Waals surface area contributed by atoms with E-state index in [1.807, 2.05) is 31.1 Å². The van der Waals surface area contributed by atoms with Crippen LogP contribution in [-0.4, -0.2) is 68.8 Å². The molecule has 2 heterocycles. The molecule has 1 aliphatic rings. The van der Waals surface area contributed by atoms with Crippen LogP contribution in [-0.2, 0) is 14.8 Å². The van der Waals surface area contributed by atoms with Crippen molar-refractivity contribution in [2.45, 2.75) is 17.7 Å². The maximum atomic E-state index is 13.7. The van der Waals surface area contributed by atoms with Crippen molar-refractivity contribution in [1.82, 2.24) is 14.2 Å². The summed E-state index contributed by atoms with van der Waals surface area (Å²) in [6.07, 6.45) is 1.28. The number of fused-ring (bicyclic) bond motifs is 1. The van der Waals surface area contributed by atoms with Crippen LogP contribution in [0.15, 0.2) is 53.4 Å². The van der Waals surface area contributed by atoms with Gasteiger partial charge in [0, 0.05) is 26.2 Å². The summed E-state index contributed by atoms with van der Waals surface area (Å²) < 4.78 is 28.6. The van der Waals surface area contributed by atoms with E-state index in [4.69, 9.17) is 11.6 Å². The monoisotopic (exact) mass is 506 g/mol. The van der Waals surface area contributed by atoms with E-state index in [0.717, 1.165) is 4.70 Å². The molecule has 0 saturated carbocycles. The van der Waals surface area contributed by atoms with Crippen LogP contribution >= 0.6 is 22.9 Å². The molecule has 0 aliphatic carbocycles. The number of hydrogen-bond donors (Lipinski definition) is 0. The molecule has 2 aromatic carbocycles. The topological polar surface area (TPSA) is 73.8 Å². The Hall–Kier alpha value is -2.04. The molecule has 0 spiro atoms. The predicted octanol–water partition coefficient (Wildman–Crippen LogP) is 3.95. The van der Waals surface area contributed by atoms with Crippen molar-refractivity contribution in [1.29, 1.82) is 0 Å². The third kappa shape index (κ3) is 5.22. The lowest BCUT2D eigenvalue weighted by atomic mass is 9.98. The van der Waals surface area contributed by atoms with Crippen LogP contribution in [0.2, 0.25) is 5.02 Å². The van der Waals surface area contributed by atoms with Crippen molar-refractivity contribution in [3.8, 4) is 0 Å². The smallest absolute Gasteiger partial charge is 0.243 e. The van der Waals surface area contributed by atoms with Crippen molar-refractivity contribution >= 4 is 54.2 Å². The summed E-state index contributed by atoms with van der Waals surface area (Å²) in [5, 5.41) is 1.14. The predicted molar refractivity (Wildman–Crippen MR) is 133 cm³/mol. The molecule has 1 saturated heterocycles. The molecule has 0 bridgehead atoms. The summed E-state index contributed by atoms with van der Waals surface area (Å²) in [6.45, 7) is 1.70. The van der Waals surface area contributed by atoms with Gasteiger partial charge < -0.3 is 4.90 Å². The highest BCUT2D eigenvalue weighted by Gasteiger charge is 2.36. The van der Waals surface area contributed by atoms with Gasteiger partial charge in [0.25, 0.3) is 0 Å². The minimum Gasteiger partial charge on any atom is -0.308 e. The first-order valence-corrected chi connectivity index (χ1v) is 13.5. The van der Waals surface area contributed by atoms with E-state index >= 15 is 0 Å². The first kappa shape index (κ1) is 24.1. The van der Waals surface area contributed by atoms with Gasteiger partial charge >= 0.3 is 0 Å². The number of rotatable bonds is 7. The van der Waals surface area contributed by atoms with Crippen molar-refractivity contribution < 1.29 is 13.2 Å². The van der Waals surface area contributed by atoms with Crippen LogP contribution in [0.3, 0.4) is 0 Å². The summed E-state index contributed by atoms with van der Waals surface area (Å²) in [6, 6.07) is 14.0. The number of halogens is 1. The fourth-order valence-corrected chi connectivity index (χ4v) is 6.78. The number of nitrogens with zero attached hydrogens (tertiary/aromatic N) is 4. The van der Waals surface area contributed by atoms with Crippen molar-refractivity contribution in [3.05, 3.63) is 53.6 Å². The van der Waals surface area contributed by atoms with E-state index in [1.54, 1.807) is 41.3 Å². The average Bonchev–Trinajstić information content (AvgIpc) is 3.25. The van der Waals surface area contributed by atoms with Gasteiger partial charge in [0.1, 0.15) is 5.52 Å². The van der Waals surface area contributed by atoms with Crippen molar-refractivity contribution in [3.63, 3.8) is 0 Å². The van der Waals surface area contributed by atoms with Crippen molar-refractivity contribution in [2.75, 3.05) is 45.2 Å². The number of likely N-dealkylation sites (N-methyl/N-ethyl adjacent to an activating group) is 1. The molecule has 0 radical (unpaired) electrons. The third-order valence-corrected chi connectivity index (χ3v) is 8.97. The molecule has 1 fully saturated rings. The number of benzene rings is 2. The highest BCUT2D eigenvalue weighted by atomic mass is 35.5. The second-order valence-electron chi connectivity index (χ2n) is 8.39. The standard InChI is InChI=1S/C23H27ClN4O3S2/c1-26(2)14-15-28(23-25-21-19(24)11-6-12-20(21)32-23)22(29)17-8-7-13-27(16-17)33(30,31)18-9-4-3-5-10-18/h3-6,9-12,17H,7-8,13-16H2,1-2H3. The normalized spacial score (nSPS) is 17.5. The van der Waals surface area contributed by atoms with Gasteiger partial charge in [0.05, 0.1) is 20.5 Å². The van der Waals surface area contributed by atoms with Gasteiger partial charge in [0.2, 0.25) is 15.9 Å². The quantitative estimate of drug-likeness (QED) is 0.485. The van der Waals surface area contributed by atoms with Gasteiger partial charge in [0.15, 0.2) is 5.13 Å². The van der Waals surface area contributed by atoms with E-state index in [1.165, 1.54) is 15.6 Å². The Morgan fingerprint density at radius 3 is 2.61 bits per heavy atom. The summed E-state index contributed by atoms with van der Waals surface area (Å²) in [5.41, 5.74) is 0.679. The van der Waals surface area contributed by atoms with E-state index in [-0.39, 0.29) is 17.3 Å². The molecule has 3 aromatic rings. The second-order valence-corrected chi connectivity index (χ2v) is 11.7. The maximum absolute atomic E-state index is 13.7. The minimum absolute atomic E-state index is 0.0972. The molecule has 33 heavy (non-hydrogen) atoms. The van der Waals surface area contributed by atoms with Crippen LogP contribution in [0.1, 0.15) is 12.8 Å². The zero-order chi connectivity index (χ0) is 23.6. The van der Waals surface area contributed by atoms with Gasteiger partial charge in [-0.05, 0) is 51.2 Å². The molecule has 1 aromatic heterocycles. The number of amides is 1. The fraction of sp³-hybridized carbons (Fsp3) is 0.391. The van der Waals surface area contributed by atoms with E-state index in [9.17, 15) is 13.2 Å². The number of anilines is 1. The number of carbonyl (C=O) groups is 1. The summed E-state index contributed by atoms with van der Waals surface area (Å²) in [4.78, 5) is 22.3. The lowest BCUT2D eigenvalue weighted by molar-refractivity contribution is -0.123. The Labute approximate surface area is 203 Å². The lowest BCUT2D eigenvalue weighted by Crippen LogP contribution is -2.48. The molecule has 1 unspecified atom stereocenters. The molecule has 0 N–H and O–H groups in total. The Balaban J connectivity index is 1.60. The lowest BCUT2D eigenvalue weighted by Gasteiger charge is -2.34. The SMILES string of the molecule is CN(C)CCN(C(=O)C1CCCN(S(=O)(=O)c2ccccc2)C1)c1nc2c(Cl)cccc2s1. The van der Waals surface area contributed by atoms with Gasteiger partial charge in [-0.1, -0.05) is 47.2 Å². The Morgan fingerprint density at radius 2 is 1.91 bits per heavy atom. The third-order valence-electron chi connectivity index (χ3n) is 5.74. The van der Waals surface area contributed by atoms with Crippen LogP contribution in [0.25, 0.3) is 10.2 Å². The Kier molecular flexibility index (Phi) is 7.35. The molecule has 1 amide bonds. The zero-order valence-electron chi connectivity index (χ0n) is 18.6. The van der Waals surface area contributed by atoms with E-state index < -0.39 is 15.9 Å². The number of hydrogen-bond acceptors (Lipinski definition) is 6. The van der Waals surface area contributed by atoms with Crippen LogP contribution in [0.4, 0.5) is 5.13 Å². The minimum atomic E-state index is -3.65. The molecule has 4 rings (SSSR count). The Morgan fingerprint density at radius 1 is 1.15 bits per heavy atom. The number of aromatic nitrogens is 1. The molecular formula is C23H27ClN4O3S2. The highest BCUT2D eigenvalue weighted by molar-refractivity contribution is 7.89. The first-order chi connectivity index (χ1) is 15.8. The number of sulfonamides is 1. The van der Waals surface area contributed by atoms with E-state index in [2.05, 4.69) is 4.98 Å².